The van der Waals surface area contributed by atoms with Gasteiger partial charge in [-0.3, -0.25) is 0 Å². The summed E-state index contributed by atoms with van der Waals surface area (Å²) in [6.45, 7) is 5.48. The Hall–Kier alpha value is -0.820. The van der Waals surface area contributed by atoms with Crippen LogP contribution in [0.25, 0.3) is 0 Å². The molecule has 0 amide bonds. The van der Waals surface area contributed by atoms with E-state index in [1.54, 1.807) is 0 Å². The fraction of sp³-hybridized carbons (Fsp3) is 0.833. The first-order valence-corrected chi connectivity index (χ1v) is 6.19. The zero-order valence-corrected chi connectivity index (χ0v) is 10.7. The minimum absolute atomic E-state index is 0.499. The molecule has 106 valence electrons. The maximum Gasteiger partial charge on any atom is 0.117 e. The highest BCUT2D eigenvalue weighted by Crippen LogP contribution is 1.87. The van der Waals surface area contributed by atoms with Crippen molar-refractivity contribution in [3.8, 4) is 0 Å². The lowest BCUT2D eigenvalue weighted by Gasteiger charge is -2.08. The minimum atomic E-state index is 0.499. The first kappa shape index (κ1) is 15.2. The number of rotatable bonds is 0. The van der Waals surface area contributed by atoms with Crippen molar-refractivity contribution >= 4 is 0 Å². The van der Waals surface area contributed by atoms with Gasteiger partial charge in [0, 0.05) is 0 Å². The summed E-state index contributed by atoms with van der Waals surface area (Å²) in [4.78, 5) is 0. The molecule has 0 spiro atoms. The van der Waals surface area contributed by atoms with E-state index in [9.17, 15) is 0 Å². The van der Waals surface area contributed by atoms with Gasteiger partial charge in [-0.15, -0.1) is 0 Å². The third kappa shape index (κ3) is 10.3. The molecule has 1 aliphatic heterocycles. The summed E-state index contributed by atoms with van der Waals surface area (Å²) in [5, 5.41) is 0. The average molecular weight is 262 g/mol. The Morgan fingerprint density at radius 2 is 0.667 bits per heavy atom. The fourth-order valence-corrected chi connectivity index (χ4v) is 1.19. The molecule has 0 saturated heterocycles. The Morgan fingerprint density at radius 1 is 0.389 bits per heavy atom. The van der Waals surface area contributed by atoms with Gasteiger partial charge in [0.1, 0.15) is 25.7 Å². The molecule has 0 atom stereocenters. The molecule has 0 fully saturated rings. The molecule has 18 heavy (non-hydrogen) atoms. The van der Waals surface area contributed by atoms with E-state index in [4.69, 9.17) is 28.4 Å². The van der Waals surface area contributed by atoms with E-state index in [1.807, 2.05) is 0 Å². The summed E-state index contributed by atoms with van der Waals surface area (Å²) < 4.78 is 31.5. The predicted molar refractivity (Wildman–Crippen MR) is 64.3 cm³/mol. The maximum absolute atomic E-state index is 5.31. The van der Waals surface area contributed by atoms with Crippen LogP contribution in [0.5, 0.6) is 0 Å². The third-order valence-electron chi connectivity index (χ3n) is 2.06. The molecule has 1 aliphatic rings. The van der Waals surface area contributed by atoms with Gasteiger partial charge in [-0.2, -0.15) is 0 Å². The van der Waals surface area contributed by atoms with Gasteiger partial charge in [0.05, 0.1) is 52.9 Å². The van der Waals surface area contributed by atoms with Crippen LogP contribution in [-0.2, 0) is 28.4 Å². The topological polar surface area (TPSA) is 55.4 Å². The number of ether oxygens (including phenoxy) is 6. The van der Waals surface area contributed by atoms with E-state index in [0.29, 0.717) is 66.1 Å². The summed E-state index contributed by atoms with van der Waals surface area (Å²) >= 11 is 0. The molecule has 0 radical (unpaired) electrons. The monoisotopic (exact) mass is 262 g/mol. The summed E-state index contributed by atoms with van der Waals surface area (Å²) in [5.74, 6) is 0. The van der Waals surface area contributed by atoms with Crippen molar-refractivity contribution in [1.82, 2.24) is 0 Å². The molecule has 6 nitrogen and oxygen atoms in total. The summed E-state index contributed by atoms with van der Waals surface area (Å²) in [6.07, 6.45) is 3.01. The molecule has 6 heteroatoms. The zero-order valence-electron chi connectivity index (χ0n) is 10.7. The Morgan fingerprint density at radius 3 is 1.00 bits per heavy atom. The van der Waals surface area contributed by atoms with Gasteiger partial charge in [-0.05, 0) is 0 Å². The Balaban J connectivity index is 2.06. The highest BCUT2D eigenvalue weighted by Gasteiger charge is 1.93. The Kier molecular flexibility index (Phi) is 10.7. The smallest absolute Gasteiger partial charge is 0.117 e. The van der Waals surface area contributed by atoms with Crippen LogP contribution >= 0.6 is 0 Å². The maximum atomic E-state index is 5.31. The van der Waals surface area contributed by atoms with Gasteiger partial charge in [-0.25, -0.2) is 0 Å². The van der Waals surface area contributed by atoms with Gasteiger partial charge < -0.3 is 28.4 Å². The van der Waals surface area contributed by atoms with Crippen LogP contribution in [0.4, 0.5) is 0 Å². The summed E-state index contributed by atoms with van der Waals surface area (Å²) in [6, 6.07) is 0. The van der Waals surface area contributed by atoms with Crippen LogP contribution < -0.4 is 0 Å². The van der Waals surface area contributed by atoms with Crippen LogP contribution in [0.2, 0.25) is 0 Å². The summed E-state index contributed by atoms with van der Waals surface area (Å²) in [7, 11) is 0. The standard InChI is InChI=1S/C12H22O6/c1-2-14-5-6-16-9-10-18-12-11-17-8-7-15-4-3-13-1/h1-2H,3-12H2. The van der Waals surface area contributed by atoms with Crippen molar-refractivity contribution < 1.29 is 28.4 Å². The second kappa shape index (κ2) is 12.6. The molecule has 0 N–H and O–H groups in total. The lowest BCUT2D eigenvalue weighted by molar-refractivity contribution is -0.0118. The molecule has 0 aromatic carbocycles. The van der Waals surface area contributed by atoms with Gasteiger partial charge in [0.2, 0.25) is 0 Å². The van der Waals surface area contributed by atoms with Crippen molar-refractivity contribution in [2.75, 3.05) is 66.1 Å². The first-order chi connectivity index (χ1) is 9.00. The van der Waals surface area contributed by atoms with Crippen LogP contribution in [0.3, 0.4) is 0 Å². The van der Waals surface area contributed by atoms with E-state index in [2.05, 4.69) is 0 Å². The van der Waals surface area contributed by atoms with Gasteiger partial charge in [0.15, 0.2) is 0 Å². The van der Waals surface area contributed by atoms with Crippen molar-refractivity contribution in [3.63, 3.8) is 0 Å². The molecule has 1 rings (SSSR count). The van der Waals surface area contributed by atoms with E-state index in [0.717, 1.165) is 0 Å². The minimum Gasteiger partial charge on any atom is -0.496 e. The number of hydrogen-bond acceptors (Lipinski definition) is 6. The van der Waals surface area contributed by atoms with Crippen molar-refractivity contribution in [2.24, 2.45) is 0 Å². The number of hydrogen-bond donors (Lipinski definition) is 0. The third-order valence-corrected chi connectivity index (χ3v) is 2.06. The van der Waals surface area contributed by atoms with Crippen molar-refractivity contribution in [1.29, 1.82) is 0 Å². The van der Waals surface area contributed by atoms with Crippen molar-refractivity contribution in [3.05, 3.63) is 12.5 Å². The molecule has 0 aliphatic carbocycles. The Bertz CT molecular complexity index is 177. The van der Waals surface area contributed by atoms with Crippen LogP contribution in [-0.4, -0.2) is 66.1 Å². The normalized spacial score (nSPS) is 22.2. The highest BCUT2D eigenvalue weighted by atomic mass is 16.6. The summed E-state index contributed by atoms with van der Waals surface area (Å²) in [5.41, 5.74) is 0. The van der Waals surface area contributed by atoms with E-state index < -0.39 is 0 Å². The molecule has 0 unspecified atom stereocenters. The largest absolute Gasteiger partial charge is 0.496 e. The molecule has 0 saturated carbocycles. The van der Waals surface area contributed by atoms with Crippen molar-refractivity contribution in [2.45, 2.75) is 0 Å². The first-order valence-electron chi connectivity index (χ1n) is 6.19. The van der Waals surface area contributed by atoms with E-state index >= 15 is 0 Å². The van der Waals surface area contributed by atoms with E-state index in [1.165, 1.54) is 12.5 Å². The molecule has 0 bridgehead atoms. The fourth-order valence-electron chi connectivity index (χ4n) is 1.19. The van der Waals surface area contributed by atoms with Gasteiger partial charge >= 0.3 is 0 Å². The second-order valence-electron chi connectivity index (χ2n) is 3.46. The quantitative estimate of drug-likeness (QED) is 0.636. The van der Waals surface area contributed by atoms with Gasteiger partial charge in [0.25, 0.3) is 0 Å². The Labute approximate surface area is 108 Å². The second-order valence-corrected chi connectivity index (χ2v) is 3.46. The van der Waals surface area contributed by atoms with Crippen LogP contribution in [0, 0.1) is 0 Å². The molecule has 0 aromatic rings. The van der Waals surface area contributed by atoms with Gasteiger partial charge in [-0.1, -0.05) is 0 Å². The van der Waals surface area contributed by atoms with Crippen LogP contribution in [0.1, 0.15) is 0 Å². The molecular formula is C12H22O6. The highest BCUT2D eigenvalue weighted by molar-refractivity contribution is 4.60. The SMILES string of the molecule is C1=COCCOCCOCCOCCOCCO1. The lowest BCUT2D eigenvalue weighted by atomic mass is 10.7. The predicted octanol–water partition coefficient (Wildman–Crippen LogP) is 0.571. The molecular weight excluding hydrogens is 240 g/mol. The van der Waals surface area contributed by atoms with E-state index in [-0.39, 0.29) is 0 Å². The zero-order chi connectivity index (χ0) is 12.7. The van der Waals surface area contributed by atoms with Crippen LogP contribution in [0.15, 0.2) is 12.5 Å². The molecule has 1 heterocycles. The average Bonchev–Trinajstić information content (AvgIpc) is 2.39. The molecule has 0 aromatic heterocycles. The lowest BCUT2D eigenvalue weighted by Crippen LogP contribution is -2.13.